The molecular formula is C13H20BrClN2O6S. The molecule has 0 amide bonds. The van der Waals surface area contributed by atoms with E-state index in [1.807, 2.05) is 0 Å². The quantitative estimate of drug-likeness (QED) is 0.367. The number of halogens is 2. The minimum atomic E-state index is -1.68. The highest BCUT2D eigenvalue weighted by molar-refractivity contribution is 9.10. The molecule has 0 saturated carbocycles. The maximum Gasteiger partial charge on any atom is 0.328 e. The van der Waals surface area contributed by atoms with Crippen molar-refractivity contribution in [1.29, 1.82) is 0 Å². The van der Waals surface area contributed by atoms with Crippen LogP contribution in [0.4, 0.5) is 5.69 Å². The van der Waals surface area contributed by atoms with Gasteiger partial charge in [0.15, 0.2) is 11.1 Å². The zero-order valence-corrected chi connectivity index (χ0v) is 16.7. The summed E-state index contributed by atoms with van der Waals surface area (Å²) in [6, 6.07) is 3.88. The lowest BCUT2D eigenvalue weighted by Gasteiger charge is -2.19. The first-order valence-electron chi connectivity index (χ1n) is 6.28. The summed E-state index contributed by atoms with van der Waals surface area (Å²) in [5.41, 5.74) is 3.88. The van der Waals surface area contributed by atoms with Crippen LogP contribution in [0.2, 0.25) is 0 Å². The lowest BCUT2D eigenvalue weighted by molar-refractivity contribution is -0.385. The first kappa shape index (κ1) is 25.2. The second kappa shape index (κ2) is 9.42. The summed E-state index contributed by atoms with van der Waals surface area (Å²) < 4.78 is 18.4. The van der Waals surface area contributed by atoms with Crippen molar-refractivity contribution in [3.05, 3.63) is 38.3 Å². The average Bonchev–Trinajstić information content (AvgIpc) is 2.37. The molecule has 0 aliphatic rings. The molecular weight excluding hydrogens is 428 g/mol. The van der Waals surface area contributed by atoms with E-state index < -0.39 is 32.3 Å². The van der Waals surface area contributed by atoms with Gasteiger partial charge in [-0.2, -0.15) is 0 Å². The van der Waals surface area contributed by atoms with Crippen LogP contribution >= 0.6 is 28.3 Å². The molecule has 11 heteroatoms. The molecule has 24 heavy (non-hydrogen) atoms. The van der Waals surface area contributed by atoms with E-state index in [1.54, 1.807) is 20.8 Å². The first-order valence-corrected chi connectivity index (χ1v) is 8.18. The van der Waals surface area contributed by atoms with Crippen LogP contribution < -0.4 is 5.73 Å². The Labute approximate surface area is 156 Å². The third-order valence-electron chi connectivity index (χ3n) is 2.66. The Morgan fingerprint density at radius 3 is 2.00 bits per heavy atom. The molecule has 0 radical (unpaired) electrons. The number of carbonyl (C=O) groups is 1. The number of hydrogen-bond acceptors (Lipinski definition) is 5. The van der Waals surface area contributed by atoms with Crippen molar-refractivity contribution in [2.24, 2.45) is 5.73 Å². The molecule has 0 spiro atoms. The number of nitro groups is 1. The van der Waals surface area contributed by atoms with Crippen LogP contribution in [0.25, 0.3) is 0 Å². The van der Waals surface area contributed by atoms with E-state index in [0.717, 1.165) is 6.07 Å². The van der Waals surface area contributed by atoms with Crippen LogP contribution in [0, 0.1) is 10.1 Å². The molecule has 8 nitrogen and oxygen atoms in total. The number of nitrogens with two attached hydrogens (primary N) is 1. The predicted molar refractivity (Wildman–Crippen MR) is 97.7 cm³/mol. The van der Waals surface area contributed by atoms with Crippen molar-refractivity contribution < 1.29 is 23.6 Å². The van der Waals surface area contributed by atoms with Crippen molar-refractivity contribution in [2.45, 2.75) is 38.0 Å². The summed E-state index contributed by atoms with van der Waals surface area (Å²) in [5, 5.41) is 19.5. The summed E-state index contributed by atoms with van der Waals surface area (Å²) in [5.74, 6) is -1.25. The molecule has 1 aromatic carbocycles. The third-order valence-corrected chi connectivity index (χ3v) is 4.17. The van der Waals surface area contributed by atoms with Gasteiger partial charge in [0.1, 0.15) is 5.54 Å². The van der Waals surface area contributed by atoms with Crippen molar-refractivity contribution in [3.63, 3.8) is 0 Å². The van der Waals surface area contributed by atoms with Gasteiger partial charge in [-0.1, -0.05) is 15.9 Å². The van der Waals surface area contributed by atoms with E-state index in [9.17, 15) is 19.1 Å². The molecule has 1 rings (SSSR count). The smallest absolute Gasteiger partial charge is 0.328 e. The van der Waals surface area contributed by atoms with E-state index >= 15 is 0 Å². The SMILES string of the molecule is CC(C)(C)S(=O)O.C[C@](N)(C(=O)O)c1cc(Br)cc([N+](=O)[O-])c1.Cl. The maximum absolute atomic E-state index is 10.9. The van der Waals surface area contributed by atoms with Gasteiger partial charge in [0.2, 0.25) is 0 Å². The largest absolute Gasteiger partial charge is 0.480 e. The lowest BCUT2D eigenvalue weighted by Crippen LogP contribution is -2.41. The zero-order chi connectivity index (χ0) is 18.6. The van der Waals surface area contributed by atoms with E-state index in [4.69, 9.17) is 15.4 Å². The number of nitrogens with zero attached hydrogens (tertiary/aromatic N) is 1. The summed E-state index contributed by atoms with van der Waals surface area (Å²) in [6.45, 7) is 6.41. The summed E-state index contributed by atoms with van der Waals surface area (Å²) in [6.07, 6.45) is 0. The number of hydrogen-bond donors (Lipinski definition) is 3. The Bertz CT molecular complexity index is 633. The molecule has 0 saturated heterocycles. The van der Waals surface area contributed by atoms with Crippen LogP contribution in [0.5, 0.6) is 0 Å². The fourth-order valence-corrected chi connectivity index (χ4v) is 1.58. The Morgan fingerprint density at radius 1 is 1.29 bits per heavy atom. The van der Waals surface area contributed by atoms with Gasteiger partial charge in [0.25, 0.3) is 5.69 Å². The monoisotopic (exact) mass is 446 g/mol. The summed E-state index contributed by atoms with van der Waals surface area (Å²) in [7, 11) is 0. The fourth-order valence-electron chi connectivity index (χ4n) is 1.10. The number of carboxylic acid groups (broad SMARTS) is 1. The Hall–Kier alpha value is -1.07. The van der Waals surface area contributed by atoms with Crippen LogP contribution in [-0.4, -0.2) is 29.5 Å². The highest BCUT2D eigenvalue weighted by atomic mass is 79.9. The van der Waals surface area contributed by atoms with Gasteiger partial charge in [0, 0.05) is 16.6 Å². The molecule has 0 aromatic heterocycles. The van der Waals surface area contributed by atoms with Crippen LogP contribution in [0.1, 0.15) is 33.3 Å². The molecule has 0 heterocycles. The average molecular weight is 448 g/mol. The van der Waals surface area contributed by atoms with Gasteiger partial charge in [-0.25, -0.2) is 9.00 Å². The molecule has 1 unspecified atom stereocenters. The minimum Gasteiger partial charge on any atom is -0.480 e. The fraction of sp³-hybridized carbons (Fsp3) is 0.462. The van der Waals surface area contributed by atoms with Crippen molar-refractivity contribution in [3.8, 4) is 0 Å². The minimum absolute atomic E-state index is 0. The molecule has 138 valence electrons. The number of nitro benzene ring substituents is 1. The van der Waals surface area contributed by atoms with E-state index in [-0.39, 0.29) is 23.7 Å². The van der Waals surface area contributed by atoms with Crippen LogP contribution in [0.3, 0.4) is 0 Å². The Morgan fingerprint density at radius 2 is 1.71 bits per heavy atom. The van der Waals surface area contributed by atoms with Crippen molar-refractivity contribution in [2.75, 3.05) is 0 Å². The standard InChI is InChI=1S/C9H9BrN2O4.C4H10O2S.ClH/c1-9(11,8(13)14)5-2-6(10)4-7(3-5)12(15)16;1-4(2,3)7(5)6;/h2-4H,11H2,1H3,(H,13,14);1-3H3,(H,5,6);1H/t9-;;/m1../s1. The normalized spacial score (nSPS) is 14.3. The van der Waals surface area contributed by atoms with E-state index in [1.165, 1.54) is 19.1 Å². The highest BCUT2D eigenvalue weighted by Gasteiger charge is 2.31. The molecule has 0 aliphatic carbocycles. The van der Waals surface area contributed by atoms with E-state index in [0.29, 0.717) is 4.47 Å². The molecule has 0 bridgehead atoms. The number of non-ortho nitro benzene ring substituents is 1. The highest BCUT2D eigenvalue weighted by Crippen LogP contribution is 2.27. The third kappa shape index (κ3) is 7.67. The number of rotatable bonds is 3. The zero-order valence-electron chi connectivity index (χ0n) is 13.5. The number of aliphatic carboxylic acids is 1. The van der Waals surface area contributed by atoms with Crippen molar-refractivity contribution >= 4 is 51.1 Å². The topological polar surface area (TPSA) is 144 Å². The Kier molecular flexibility index (Phi) is 9.88. The van der Waals surface area contributed by atoms with Gasteiger partial charge >= 0.3 is 5.97 Å². The van der Waals surface area contributed by atoms with Gasteiger partial charge in [-0.15, -0.1) is 12.4 Å². The second-order valence-electron chi connectivity index (χ2n) is 5.82. The van der Waals surface area contributed by atoms with Gasteiger partial charge in [-0.3, -0.25) is 10.1 Å². The molecule has 0 aliphatic heterocycles. The predicted octanol–water partition coefficient (Wildman–Crippen LogP) is 3.04. The molecule has 2 atom stereocenters. The Balaban J connectivity index is 0. The second-order valence-corrected chi connectivity index (χ2v) is 8.46. The molecule has 4 N–H and O–H groups in total. The summed E-state index contributed by atoms with van der Waals surface area (Å²) in [4.78, 5) is 20.9. The van der Waals surface area contributed by atoms with E-state index in [2.05, 4.69) is 15.9 Å². The molecule has 1 aromatic rings. The van der Waals surface area contributed by atoms with Gasteiger partial charge in [-0.05, 0) is 39.3 Å². The molecule has 0 fully saturated rings. The number of benzene rings is 1. The van der Waals surface area contributed by atoms with Gasteiger partial charge < -0.3 is 15.4 Å². The first-order chi connectivity index (χ1) is 10.2. The number of carboxylic acids is 1. The van der Waals surface area contributed by atoms with Gasteiger partial charge in [0.05, 0.1) is 9.67 Å². The summed E-state index contributed by atoms with van der Waals surface area (Å²) >= 11 is 1.39. The van der Waals surface area contributed by atoms with Crippen LogP contribution in [0.15, 0.2) is 22.7 Å². The maximum atomic E-state index is 10.9. The lowest BCUT2D eigenvalue weighted by atomic mass is 9.93. The van der Waals surface area contributed by atoms with Crippen LogP contribution in [-0.2, 0) is 21.4 Å². The van der Waals surface area contributed by atoms with Crippen molar-refractivity contribution in [1.82, 2.24) is 0 Å².